The van der Waals surface area contributed by atoms with Crippen molar-refractivity contribution in [3.8, 4) is 0 Å². The summed E-state index contributed by atoms with van der Waals surface area (Å²) in [6.45, 7) is 4.68. The summed E-state index contributed by atoms with van der Waals surface area (Å²) in [7, 11) is 0. The van der Waals surface area contributed by atoms with Crippen molar-refractivity contribution in [2.45, 2.75) is 38.3 Å². The quantitative estimate of drug-likeness (QED) is 0.366. The van der Waals surface area contributed by atoms with Crippen LogP contribution in [0, 0.1) is 0 Å². The van der Waals surface area contributed by atoms with E-state index in [1.807, 2.05) is 0 Å². The molecule has 0 heterocycles. The Kier molecular flexibility index (Phi) is 6.08. The van der Waals surface area contributed by atoms with Crippen LogP contribution in [0.25, 0.3) is 0 Å². The Labute approximate surface area is 67.6 Å². The monoisotopic (exact) mass is 165 g/mol. The Hall–Kier alpha value is 0.210. The van der Waals surface area contributed by atoms with Crippen LogP contribution < -0.4 is 5.32 Å². The third kappa shape index (κ3) is 5.03. The first kappa shape index (κ1) is 10.2. The summed E-state index contributed by atoms with van der Waals surface area (Å²) >= 11 is 5.69. The fraction of sp³-hybridized carbons (Fsp3) is 1.00. The van der Waals surface area contributed by atoms with E-state index in [1.54, 1.807) is 6.92 Å². The molecule has 62 valence electrons. The summed E-state index contributed by atoms with van der Waals surface area (Å²) in [5, 5.41) is 11.9. The zero-order chi connectivity index (χ0) is 7.98. The van der Waals surface area contributed by atoms with Crippen LogP contribution in [0.4, 0.5) is 0 Å². The number of hydrogen-bond donors (Lipinski definition) is 2. The maximum Gasteiger partial charge on any atom is 0.108 e. The number of nitrogens with one attached hydrogen (secondary N) is 1. The fourth-order valence-electron chi connectivity index (χ4n) is 0.587. The molecule has 3 heteroatoms. The van der Waals surface area contributed by atoms with Crippen molar-refractivity contribution in [2.24, 2.45) is 0 Å². The number of unbranched alkanes of at least 4 members (excludes halogenated alkanes) is 1. The number of rotatable bonds is 5. The van der Waals surface area contributed by atoms with E-state index in [-0.39, 0.29) is 5.50 Å². The second kappa shape index (κ2) is 5.96. The fourth-order valence-corrected chi connectivity index (χ4v) is 0.696. The van der Waals surface area contributed by atoms with E-state index in [9.17, 15) is 0 Å². The van der Waals surface area contributed by atoms with Gasteiger partial charge in [0, 0.05) is 0 Å². The van der Waals surface area contributed by atoms with Crippen molar-refractivity contribution in [2.75, 3.05) is 6.54 Å². The molecule has 0 saturated heterocycles. The number of hydrogen-bond acceptors (Lipinski definition) is 2. The number of alkyl halides is 1. The molecule has 0 saturated carbocycles. The van der Waals surface area contributed by atoms with Crippen LogP contribution in [0.1, 0.15) is 26.7 Å². The molecule has 2 atom stereocenters. The second-order valence-electron chi connectivity index (χ2n) is 2.45. The average Bonchev–Trinajstić information content (AvgIpc) is 1.88. The highest BCUT2D eigenvalue weighted by Crippen LogP contribution is 1.97. The smallest absolute Gasteiger partial charge is 0.108 e. The van der Waals surface area contributed by atoms with E-state index < -0.39 is 6.10 Å². The maximum atomic E-state index is 8.93. The molecule has 0 rings (SSSR count). The SMILES string of the molecule is CCCCNC(Cl)C(C)O. The van der Waals surface area contributed by atoms with E-state index in [0.29, 0.717) is 0 Å². The molecule has 0 radical (unpaired) electrons. The van der Waals surface area contributed by atoms with Gasteiger partial charge in [-0.25, -0.2) is 0 Å². The van der Waals surface area contributed by atoms with Crippen LogP contribution >= 0.6 is 11.6 Å². The minimum absolute atomic E-state index is 0.299. The first-order valence-corrected chi connectivity index (χ1v) is 4.17. The zero-order valence-electron chi connectivity index (χ0n) is 6.60. The van der Waals surface area contributed by atoms with Gasteiger partial charge in [0.05, 0.1) is 6.10 Å². The Balaban J connectivity index is 3.13. The maximum absolute atomic E-state index is 8.93. The average molecular weight is 166 g/mol. The van der Waals surface area contributed by atoms with Gasteiger partial charge >= 0.3 is 0 Å². The zero-order valence-corrected chi connectivity index (χ0v) is 7.36. The minimum Gasteiger partial charge on any atom is -0.390 e. The molecule has 0 fully saturated rings. The van der Waals surface area contributed by atoms with Crippen molar-refractivity contribution in [1.29, 1.82) is 0 Å². The third-order valence-corrected chi connectivity index (χ3v) is 1.81. The standard InChI is InChI=1S/C7H16ClNO/c1-3-4-5-9-7(8)6(2)10/h6-7,9-10H,3-5H2,1-2H3. The van der Waals surface area contributed by atoms with Gasteiger partial charge in [-0.15, -0.1) is 11.6 Å². The molecule has 0 bridgehead atoms. The molecule has 0 amide bonds. The van der Waals surface area contributed by atoms with E-state index in [1.165, 1.54) is 0 Å². The lowest BCUT2D eigenvalue weighted by Crippen LogP contribution is -2.33. The van der Waals surface area contributed by atoms with E-state index in [0.717, 1.165) is 19.4 Å². The Morgan fingerprint density at radius 1 is 1.60 bits per heavy atom. The van der Waals surface area contributed by atoms with Gasteiger partial charge in [0.25, 0.3) is 0 Å². The van der Waals surface area contributed by atoms with Crippen molar-refractivity contribution in [3.63, 3.8) is 0 Å². The highest BCUT2D eigenvalue weighted by atomic mass is 35.5. The summed E-state index contributed by atoms with van der Waals surface area (Å²) < 4.78 is 0. The molecular formula is C7H16ClNO. The second-order valence-corrected chi connectivity index (χ2v) is 2.92. The van der Waals surface area contributed by atoms with Crippen LogP contribution in [-0.2, 0) is 0 Å². The minimum atomic E-state index is -0.474. The van der Waals surface area contributed by atoms with Crippen molar-refractivity contribution in [1.82, 2.24) is 5.32 Å². The van der Waals surface area contributed by atoms with Crippen LogP contribution in [0.3, 0.4) is 0 Å². The lowest BCUT2D eigenvalue weighted by atomic mass is 10.3. The summed E-state index contributed by atoms with van der Waals surface area (Å²) in [6, 6.07) is 0. The lowest BCUT2D eigenvalue weighted by Gasteiger charge is -2.13. The third-order valence-electron chi connectivity index (χ3n) is 1.29. The van der Waals surface area contributed by atoms with Gasteiger partial charge in [0.15, 0.2) is 0 Å². The number of aliphatic hydroxyl groups is 1. The van der Waals surface area contributed by atoms with E-state index >= 15 is 0 Å². The summed E-state index contributed by atoms with van der Waals surface area (Å²) in [5.74, 6) is 0. The normalized spacial score (nSPS) is 16.8. The van der Waals surface area contributed by atoms with Gasteiger partial charge in [-0.3, -0.25) is 5.32 Å². The van der Waals surface area contributed by atoms with Gasteiger partial charge in [-0.05, 0) is 19.9 Å². The molecule has 0 aromatic rings. The number of halogens is 1. The first-order valence-electron chi connectivity index (χ1n) is 3.74. The van der Waals surface area contributed by atoms with E-state index in [2.05, 4.69) is 12.2 Å². The van der Waals surface area contributed by atoms with E-state index in [4.69, 9.17) is 16.7 Å². The predicted molar refractivity (Wildman–Crippen MR) is 44.2 cm³/mol. The van der Waals surface area contributed by atoms with Gasteiger partial charge in [-0.2, -0.15) is 0 Å². The molecule has 2 nitrogen and oxygen atoms in total. The molecule has 0 aliphatic heterocycles. The molecule has 0 spiro atoms. The highest BCUT2D eigenvalue weighted by Gasteiger charge is 2.08. The molecule has 0 aliphatic carbocycles. The van der Waals surface area contributed by atoms with Crippen molar-refractivity contribution in [3.05, 3.63) is 0 Å². The molecule has 2 unspecified atom stereocenters. The van der Waals surface area contributed by atoms with Gasteiger partial charge in [0.1, 0.15) is 5.50 Å². The van der Waals surface area contributed by atoms with Crippen molar-refractivity contribution >= 4 is 11.6 Å². The lowest BCUT2D eigenvalue weighted by molar-refractivity contribution is 0.176. The Morgan fingerprint density at radius 3 is 2.60 bits per heavy atom. The molecule has 2 N–H and O–H groups in total. The summed E-state index contributed by atoms with van der Waals surface area (Å²) in [6.07, 6.45) is 1.78. The molecule has 0 aliphatic rings. The molecule has 10 heavy (non-hydrogen) atoms. The summed E-state index contributed by atoms with van der Waals surface area (Å²) in [4.78, 5) is 0. The van der Waals surface area contributed by atoms with Crippen LogP contribution in [0.2, 0.25) is 0 Å². The predicted octanol–water partition coefficient (Wildman–Crippen LogP) is 1.32. The van der Waals surface area contributed by atoms with Gasteiger partial charge in [0.2, 0.25) is 0 Å². The van der Waals surface area contributed by atoms with Gasteiger partial charge < -0.3 is 5.11 Å². The topological polar surface area (TPSA) is 32.3 Å². The molecule has 0 aromatic carbocycles. The van der Waals surface area contributed by atoms with Crippen LogP contribution in [0.5, 0.6) is 0 Å². The van der Waals surface area contributed by atoms with Crippen molar-refractivity contribution < 1.29 is 5.11 Å². The Morgan fingerprint density at radius 2 is 2.20 bits per heavy atom. The number of aliphatic hydroxyl groups excluding tert-OH is 1. The molecular weight excluding hydrogens is 150 g/mol. The largest absolute Gasteiger partial charge is 0.390 e. The molecule has 0 aromatic heterocycles. The highest BCUT2D eigenvalue weighted by molar-refractivity contribution is 6.20. The first-order chi connectivity index (χ1) is 4.68. The van der Waals surface area contributed by atoms with Crippen LogP contribution in [-0.4, -0.2) is 23.3 Å². The summed E-state index contributed by atoms with van der Waals surface area (Å²) in [5.41, 5.74) is -0.299. The Bertz CT molecular complexity index is 78.0. The van der Waals surface area contributed by atoms with Crippen LogP contribution in [0.15, 0.2) is 0 Å². The van der Waals surface area contributed by atoms with Gasteiger partial charge in [-0.1, -0.05) is 13.3 Å².